The van der Waals surface area contributed by atoms with Gasteiger partial charge in [-0.25, -0.2) is 0 Å². The van der Waals surface area contributed by atoms with Crippen molar-refractivity contribution >= 4 is 28.9 Å². The molecule has 0 radical (unpaired) electrons. The Morgan fingerprint density at radius 2 is 2.00 bits per heavy atom. The van der Waals surface area contributed by atoms with Gasteiger partial charge < -0.3 is 14.4 Å². The number of aliphatic imine (C=N–C) groups is 1. The number of rotatable bonds is 7. The Hall–Kier alpha value is -1.95. The molecule has 3 rings (SSSR count). The van der Waals surface area contributed by atoms with Crippen LogP contribution in [0.15, 0.2) is 28.1 Å². The summed E-state index contributed by atoms with van der Waals surface area (Å²) in [6.45, 7) is 4.84. The molecule has 0 N–H and O–H groups in total. The quantitative estimate of drug-likeness (QED) is 0.500. The molecular weight excluding hydrogens is 360 g/mol. The lowest BCUT2D eigenvalue weighted by atomic mass is 10.1. The van der Waals surface area contributed by atoms with Gasteiger partial charge in [0.1, 0.15) is 0 Å². The summed E-state index contributed by atoms with van der Waals surface area (Å²) in [5.41, 5.74) is 0.915. The van der Waals surface area contributed by atoms with Crippen molar-refractivity contribution in [2.45, 2.75) is 45.4 Å². The fraction of sp³-hybridized carbons (Fsp3) is 0.524. The molecule has 2 aliphatic heterocycles. The Kier molecular flexibility index (Phi) is 7.21. The van der Waals surface area contributed by atoms with E-state index in [4.69, 9.17) is 9.47 Å². The number of carbonyl (C=O) groups is 1. The SMILES string of the molecule is CCCCCOc1ccc(/C=C2\SC(N3CCCCC3)=NC2=O)cc1OC. The minimum atomic E-state index is -0.153. The number of benzene rings is 1. The van der Waals surface area contributed by atoms with Crippen molar-refractivity contribution in [1.29, 1.82) is 0 Å². The van der Waals surface area contributed by atoms with Crippen LogP contribution in [0.2, 0.25) is 0 Å². The average molecular weight is 389 g/mol. The molecule has 1 aromatic carbocycles. The van der Waals surface area contributed by atoms with E-state index in [1.54, 1.807) is 7.11 Å². The Bertz CT molecular complexity index is 724. The summed E-state index contributed by atoms with van der Waals surface area (Å²) in [5, 5.41) is 0.841. The molecule has 2 heterocycles. The van der Waals surface area contributed by atoms with E-state index in [9.17, 15) is 4.79 Å². The summed E-state index contributed by atoms with van der Waals surface area (Å²) in [7, 11) is 1.64. The van der Waals surface area contributed by atoms with E-state index in [1.807, 2.05) is 24.3 Å². The average Bonchev–Trinajstić information content (AvgIpc) is 3.07. The topological polar surface area (TPSA) is 51.1 Å². The number of nitrogens with zero attached hydrogens (tertiary/aromatic N) is 2. The number of likely N-dealkylation sites (tertiary alicyclic amines) is 1. The van der Waals surface area contributed by atoms with E-state index in [0.29, 0.717) is 17.3 Å². The minimum absolute atomic E-state index is 0.153. The molecule has 1 fully saturated rings. The Labute approximate surface area is 165 Å². The molecule has 1 amide bonds. The second kappa shape index (κ2) is 9.83. The summed E-state index contributed by atoms with van der Waals surface area (Å²) in [5.74, 6) is 1.28. The number of amidine groups is 1. The van der Waals surface area contributed by atoms with E-state index in [0.717, 1.165) is 42.4 Å². The third kappa shape index (κ3) is 5.28. The predicted molar refractivity (Wildman–Crippen MR) is 111 cm³/mol. The molecule has 1 saturated heterocycles. The molecule has 0 unspecified atom stereocenters. The van der Waals surface area contributed by atoms with Crippen LogP contribution in [0.25, 0.3) is 6.08 Å². The van der Waals surface area contributed by atoms with Gasteiger partial charge in [0, 0.05) is 13.1 Å². The normalized spacial score (nSPS) is 18.7. The number of hydrogen-bond donors (Lipinski definition) is 0. The maximum Gasteiger partial charge on any atom is 0.286 e. The molecule has 0 aliphatic carbocycles. The molecule has 0 aromatic heterocycles. The van der Waals surface area contributed by atoms with E-state index in [-0.39, 0.29) is 5.91 Å². The summed E-state index contributed by atoms with van der Waals surface area (Å²) in [6.07, 6.45) is 8.85. The zero-order valence-electron chi connectivity index (χ0n) is 16.2. The molecule has 1 aromatic rings. The molecule has 0 saturated carbocycles. The first kappa shape index (κ1) is 19.8. The first-order valence-electron chi connectivity index (χ1n) is 9.79. The van der Waals surface area contributed by atoms with E-state index in [1.165, 1.54) is 37.4 Å². The molecule has 0 atom stereocenters. The number of ether oxygens (including phenoxy) is 2. The van der Waals surface area contributed by atoms with Crippen LogP contribution in [0.4, 0.5) is 0 Å². The molecule has 0 spiro atoms. The number of methoxy groups -OCH3 is 1. The second-order valence-corrected chi connectivity index (χ2v) is 7.83. The first-order chi connectivity index (χ1) is 13.2. The lowest BCUT2D eigenvalue weighted by molar-refractivity contribution is -0.113. The first-order valence-corrected chi connectivity index (χ1v) is 10.6. The van der Waals surface area contributed by atoms with Crippen LogP contribution in [0, 0.1) is 0 Å². The summed E-state index contributed by atoms with van der Waals surface area (Å²) in [4.78, 5) is 19.4. The van der Waals surface area contributed by atoms with Crippen LogP contribution in [0.1, 0.15) is 51.0 Å². The van der Waals surface area contributed by atoms with Gasteiger partial charge in [0.25, 0.3) is 5.91 Å². The van der Waals surface area contributed by atoms with Crippen LogP contribution in [0.5, 0.6) is 11.5 Å². The monoisotopic (exact) mass is 388 g/mol. The van der Waals surface area contributed by atoms with E-state index in [2.05, 4.69) is 16.8 Å². The van der Waals surface area contributed by atoms with Crippen molar-refractivity contribution < 1.29 is 14.3 Å². The highest BCUT2D eigenvalue weighted by atomic mass is 32.2. The maximum absolute atomic E-state index is 12.3. The van der Waals surface area contributed by atoms with Crippen molar-refractivity contribution in [2.24, 2.45) is 4.99 Å². The molecule has 27 heavy (non-hydrogen) atoms. The Morgan fingerprint density at radius 1 is 1.19 bits per heavy atom. The largest absolute Gasteiger partial charge is 0.493 e. The summed E-state index contributed by atoms with van der Waals surface area (Å²) in [6, 6.07) is 5.78. The van der Waals surface area contributed by atoms with Crippen LogP contribution in [-0.4, -0.2) is 42.8 Å². The van der Waals surface area contributed by atoms with Crippen LogP contribution >= 0.6 is 11.8 Å². The summed E-state index contributed by atoms with van der Waals surface area (Å²) >= 11 is 1.47. The zero-order valence-corrected chi connectivity index (χ0v) is 17.0. The standard InChI is InChI=1S/C21H28N2O3S/c1-3-4-8-13-26-17-10-9-16(14-18(17)25-2)15-19-20(24)22-21(27-19)23-11-6-5-7-12-23/h9-10,14-15H,3-8,11-13H2,1-2H3/b19-15-. The molecule has 0 bridgehead atoms. The van der Waals surface area contributed by atoms with Gasteiger partial charge in [-0.3, -0.25) is 4.79 Å². The van der Waals surface area contributed by atoms with Crippen molar-refractivity contribution in [3.63, 3.8) is 0 Å². The number of thioether (sulfide) groups is 1. The highest BCUT2D eigenvalue weighted by molar-refractivity contribution is 8.18. The molecule has 2 aliphatic rings. The number of piperidine rings is 1. The van der Waals surface area contributed by atoms with Gasteiger partial charge in [0.15, 0.2) is 16.7 Å². The van der Waals surface area contributed by atoms with Gasteiger partial charge in [0.05, 0.1) is 18.6 Å². The second-order valence-electron chi connectivity index (χ2n) is 6.82. The zero-order chi connectivity index (χ0) is 19.1. The number of hydrogen-bond acceptors (Lipinski definition) is 5. The molecule has 146 valence electrons. The van der Waals surface area contributed by atoms with Gasteiger partial charge in [-0.15, -0.1) is 0 Å². The smallest absolute Gasteiger partial charge is 0.286 e. The number of carbonyl (C=O) groups excluding carboxylic acids is 1. The molecule has 5 nitrogen and oxygen atoms in total. The van der Waals surface area contributed by atoms with Crippen molar-refractivity contribution in [3.05, 3.63) is 28.7 Å². The Morgan fingerprint density at radius 3 is 2.74 bits per heavy atom. The molecule has 6 heteroatoms. The third-order valence-electron chi connectivity index (χ3n) is 4.73. The van der Waals surface area contributed by atoms with Crippen molar-refractivity contribution in [1.82, 2.24) is 4.90 Å². The lowest BCUT2D eigenvalue weighted by Crippen LogP contribution is -2.33. The third-order valence-corrected chi connectivity index (χ3v) is 5.77. The van der Waals surface area contributed by atoms with Crippen LogP contribution in [0.3, 0.4) is 0 Å². The lowest BCUT2D eigenvalue weighted by Gasteiger charge is -2.27. The number of unbranched alkanes of at least 4 members (excludes halogenated alkanes) is 2. The van der Waals surface area contributed by atoms with Gasteiger partial charge in [-0.05, 0) is 61.2 Å². The fourth-order valence-corrected chi connectivity index (χ4v) is 4.16. The van der Waals surface area contributed by atoms with Gasteiger partial charge in [-0.1, -0.05) is 25.8 Å². The van der Waals surface area contributed by atoms with Crippen LogP contribution in [-0.2, 0) is 4.79 Å². The van der Waals surface area contributed by atoms with E-state index >= 15 is 0 Å². The van der Waals surface area contributed by atoms with Gasteiger partial charge in [-0.2, -0.15) is 4.99 Å². The molecular formula is C21H28N2O3S. The van der Waals surface area contributed by atoms with E-state index < -0.39 is 0 Å². The van der Waals surface area contributed by atoms with Crippen LogP contribution < -0.4 is 9.47 Å². The maximum atomic E-state index is 12.3. The van der Waals surface area contributed by atoms with Gasteiger partial charge >= 0.3 is 0 Å². The Balaban J connectivity index is 1.66. The highest BCUT2D eigenvalue weighted by Crippen LogP contribution is 2.34. The van der Waals surface area contributed by atoms with Gasteiger partial charge in [0.2, 0.25) is 0 Å². The highest BCUT2D eigenvalue weighted by Gasteiger charge is 2.26. The minimum Gasteiger partial charge on any atom is -0.493 e. The van der Waals surface area contributed by atoms with Crippen molar-refractivity contribution in [3.8, 4) is 11.5 Å². The number of amides is 1. The predicted octanol–water partition coefficient (Wildman–Crippen LogP) is 4.72. The fourth-order valence-electron chi connectivity index (χ4n) is 3.20. The summed E-state index contributed by atoms with van der Waals surface area (Å²) < 4.78 is 11.3. The van der Waals surface area contributed by atoms with Crippen molar-refractivity contribution in [2.75, 3.05) is 26.8 Å².